The maximum Gasteiger partial charge on any atom is 0.320 e. The van der Waals surface area contributed by atoms with Crippen molar-refractivity contribution in [2.24, 2.45) is 0 Å². The number of carbonyl (C=O) groups excluding carboxylic acids is 1. The maximum atomic E-state index is 12.3. The largest absolute Gasteiger partial charge is 0.323 e. The van der Waals surface area contributed by atoms with Crippen molar-refractivity contribution in [1.82, 2.24) is 9.80 Å². The summed E-state index contributed by atoms with van der Waals surface area (Å²) in [6.45, 7) is 8.34. The van der Waals surface area contributed by atoms with Gasteiger partial charge in [-0.25, -0.2) is 4.79 Å². The first-order valence-corrected chi connectivity index (χ1v) is 9.83. The lowest BCUT2D eigenvalue weighted by molar-refractivity contribution is 0.190. The summed E-state index contributed by atoms with van der Waals surface area (Å²) in [4.78, 5) is 16.4. The molecule has 1 fully saturated rings. The van der Waals surface area contributed by atoms with Gasteiger partial charge in [0.15, 0.2) is 0 Å². The molecule has 0 saturated carbocycles. The number of urea groups is 1. The molecule has 2 amide bonds. The monoisotopic (exact) mass is 310 g/mol. The Bertz CT molecular complexity index is 255. The molecule has 0 spiro atoms. The predicted molar refractivity (Wildman–Crippen MR) is 95.3 cm³/mol. The number of nitrogens with zero attached hydrogens (tertiary/aromatic N) is 2. The summed E-state index contributed by atoms with van der Waals surface area (Å²) < 4.78 is 0. The molecule has 0 aromatic carbocycles. The normalized spacial score (nSPS) is 15.1. The molecule has 3 nitrogen and oxygen atoms in total. The van der Waals surface area contributed by atoms with Crippen LogP contribution in [0.5, 0.6) is 0 Å². The summed E-state index contributed by atoms with van der Waals surface area (Å²) in [5.74, 6) is 0. The van der Waals surface area contributed by atoms with E-state index in [4.69, 9.17) is 0 Å². The Labute approximate surface area is 138 Å². The molecule has 0 aromatic rings. The minimum absolute atomic E-state index is 0.294. The summed E-state index contributed by atoms with van der Waals surface area (Å²) in [5, 5.41) is 0. The van der Waals surface area contributed by atoms with Gasteiger partial charge in [-0.1, -0.05) is 78.1 Å². The molecular weight excluding hydrogens is 272 g/mol. The Morgan fingerprint density at radius 1 is 0.636 bits per heavy atom. The Hall–Kier alpha value is -0.730. The van der Waals surface area contributed by atoms with Crippen molar-refractivity contribution in [1.29, 1.82) is 0 Å². The Morgan fingerprint density at radius 2 is 1.00 bits per heavy atom. The highest BCUT2D eigenvalue weighted by Gasteiger charge is 2.26. The van der Waals surface area contributed by atoms with Crippen LogP contribution in [0.25, 0.3) is 0 Å². The third-order valence-electron chi connectivity index (χ3n) is 4.74. The van der Waals surface area contributed by atoms with Crippen molar-refractivity contribution in [2.75, 3.05) is 26.2 Å². The first kappa shape index (κ1) is 19.3. The van der Waals surface area contributed by atoms with E-state index in [1.54, 1.807) is 0 Å². The second-order valence-corrected chi connectivity index (χ2v) is 6.79. The molecule has 0 N–H and O–H groups in total. The van der Waals surface area contributed by atoms with Crippen LogP contribution in [0.3, 0.4) is 0 Å². The fraction of sp³-hybridized carbons (Fsp3) is 0.947. The number of unbranched alkanes of at least 4 members (excludes halogenated alkanes) is 10. The highest BCUT2D eigenvalue weighted by Crippen LogP contribution is 2.13. The van der Waals surface area contributed by atoms with Gasteiger partial charge in [0.1, 0.15) is 0 Å². The van der Waals surface area contributed by atoms with Gasteiger partial charge < -0.3 is 9.80 Å². The molecule has 0 aliphatic carbocycles. The molecular formula is C19H38N2O. The van der Waals surface area contributed by atoms with E-state index in [-0.39, 0.29) is 0 Å². The SMILES string of the molecule is CCCCCCCCN1CCN(CCCCCCCC)C1=O. The number of hydrogen-bond acceptors (Lipinski definition) is 1. The topological polar surface area (TPSA) is 23.6 Å². The van der Waals surface area contributed by atoms with Crippen molar-refractivity contribution >= 4 is 6.03 Å². The molecule has 130 valence electrons. The average Bonchev–Trinajstić information content (AvgIpc) is 2.87. The van der Waals surface area contributed by atoms with Crippen LogP contribution in [-0.2, 0) is 0 Å². The van der Waals surface area contributed by atoms with Gasteiger partial charge in [-0.15, -0.1) is 0 Å². The standard InChI is InChI=1S/C19H38N2O/c1-3-5-7-9-11-13-15-20-17-18-21(19(20)22)16-14-12-10-8-6-4-2/h3-18H2,1-2H3. The van der Waals surface area contributed by atoms with Crippen molar-refractivity contribution in [3.63, 3.8) is 0 Å². The predicted octanol–water partition coefficient (Wildman–Crippen LogP) is 5.45. The molecule has 22 heavy (non-hydrogen) atoms. The average molecular weight is 311 g/mol. The maximum absolute atomic E-state index is 12.3. The Kier molecular flexibility index (Phi) is 11.2. The second kappa shape index (κ2) is 12.8. The Balaban J connectivity index is 2.02. The van der Waals surface area contributed by atoms with Crippen LogP contribution in [-0.4, -0.2) is 42.0 Å². The zero-order chi connectivity index (χ0) is 16.0. The fourth-order valence-corrected chi connectivity index (χ4v) is 3.21. The lowest BCUT2D eigenvalue weighted by atomic mass is 10.1. The number of carbonyl (C=O) groups is 1. The van der Waals surface area contributed by atoms with E-state index in [9.17, 15) is 4.79 Å². The van der Waals surface area contributed by atoms with E-state index in [1.807, 2.05) is 0 Å². The van der Waals surface area contributed by atoms with Crippen LogP contribution in [0.15, 0.2) is 0 Å². The van der Waals surface area contributed by atoms with Crippen LogP contribution in [0.2, 0.25) is 0 Å². The van der Waals surface area contributed by atoms with Gasteiger partial charge >= 0.3 is 6.03 Å². The quantitative estimate of drug-likeness (QED) is 0.392. The van der Waals surface area contributed by atoms with Crippen LogP contribution >= 0.6 is 0 Å². The summed E-state index contributed by atoms with van der Waals surface area (Å²) in [5.41, 5.74) is 0. The summed E-state index contributed by atoms with van der Waals surface area (Å²) in [6.07, 6.45) is 15.6. The molecule has 0 atom stereocenters. The van der Waals surface area contributed by atoms with E-state index in [0.717, 1.165) is 26.2 Å². The minimum Gasteiger partial charge on any atom is -0.323 e. The second-order valence-electron chi connectivity index (χ2n) is 6.79. The van der Waals surface area contributed by atoms with Gasteiger partial charge in [-0.05, 0) is 12.8 Å². The molecule has 1 saturated heterocycles. The third-order valence-corrected chi connectivity index (χ3v) is 4.74. The molecule has 1 rings (SSSR count). The summed E-state index contributed by atoms with van der Waals surface area (Å²) in [6, 6.07) is 0.294. The van der Waals surface area contributed by atoms with Crippen LogP contribution in [0, 0.1) is 0 Å². The molecule has 0 radical (unpaired) electrons. The smallest absolute Gasteiger partial charge is 0.320 e. The van der Waals surface area contributed by atoms with Crippen LogP contribution in [0.1, 0.15) is 90.9 Å². The van der Waals surface area contributed by atoms with Gasteiger partial charge in [0.25, 0.3) is 0 Å². The lowest BCUT2D eigenvalue weighted by Crippen LogP contribution is -2.33. The molecule has 0 aromatic heterocycles. The van der Waals surface area contributed by atoms with E-state index in [2.05, 4.69) is 23.6 Å². The molecule has 3 heteroatoms. The lowest BCUT2D eigenvalue weighted by Gasteiger charge is -2.18. The minimum atomic E-state index is 0.294. The third kappa shape index (κ3) is 8.05. The summed E-state index contributed by atoms with van der Waals surface area (Å²) in [7, 11) is 0. The van der Waals surface area contributed by atoms with Gasteiger partial charge in [0.05, 0.1) is 0 Å². The summed E-state index contributed by atoms with van der Waals surface area (Å²) >= 11 is 0. The van der Waals surface area contributed by atoms with E-state index < -0.39 is 0 Å². The van der Waals surface area contributed by atoms with Gasteiger partial charge in [0, 0.05) is 26.2 Å². The van der Waals surface area contributed by atoms with Crippen molar-refractivity contribution in [2.45, 2.75) is 90.9 Å². The molecule has 1 aliphatic heterocycles. The molecule has 0 unspecified atom stereocenters. The Morgan fingerprint density at radius 3 is 1.41 bits per heavy atom. The first-order valence-electron chi connectivity index (χ1n) is 9.83. The van der Waals surface area contributed by atoms with Gasteiger partial charge in [-0.3, -0.25) is 0 Å². The van der Waals surface area contributed by atoms with Crippen molar-refractivity contribution in [3.05, 3.63) is 0 Å². The number of rotatable bonds is 14. The number of amides is 2. The van der Waals surface area contributed by atoms with Crippen LogP contribution in [0.4, 0.5) is 4.79 Å². The van der Waals surface area contributed by atoms with E-state index >= 15 is 0 Å². The van der Waals surface area contributed by atoms with Crippen LogP contribution < -0.4 is 0 Å². The highest BCUT2D eigenvalue weighted by molar-refractivity contribution is 5.76. The van der Waals surface area contributed by atoms with Gasteiger partial charge in [0.2, 0.25) is 0 Å². The molecule has 0 bridgehead atoms. The molecule has 1 aliphatic rings. The number of hydrogen-bond donors (Lipinski definition) is 0. The van der Waals surface area contributed by atoms with Crippen molar-refractivity contribution < 1.29 is 4.79 Å². The zero-order valence-electron chi connectivity index (χ0n) is 15.1. The fourth-order valence-electron chi connectivity index (χ4n) is 3.21. The van der Waals surface area contributed by atoms with E-state index in [1.165, 1.54) is 77.0 Å². The molecule has 1 heterocycles. The van der Waals surface area contributed by atoms with Crippen molar-refractivity contribution in [3.8, 4) is 0 Å². The zero-order valence-corrected chi connectivity index (χ0v) is 15.1. The van der Waals surface area contributed by atoms with Gasteiger partial charge in [-0.2, -0.15) is 0 Å². The highest BCUT2D eigenvalue weighted by atomic mass is 16.2. The van der Waals surface area contributed by atoms with E-state index in [0.29, 0.717) is 6.03 Å². The first-order chi connectivity index (χ1) is 10.8.